The number of nitrogens with one attached hydrogen (secondary N) is 1. The van der Waals surface area contributed by atoms with Crippen molar-refractivity contribution in [1.82, 2.24) is 5.32 Å². The van der Waals surface area contributed by atoms with Crippen LogP contribution in [-0.4, -0.2) is 5.91 Å². The van der Waals surface area contributed by atoms with Crippen LogP contribution in [0.15, 0.2) is 30.3 Å². The Hall–Kier alpha value is -1.31. The standard InChI is InChI=1S/C15H21NO/c1-2-3-10-14(17)16-15(11-7-12-15)13-8-5-4-6-9-13/h4-6,8-9H,2-3,7,10-12H2,1H3,(H,16,17). The first-order valence-corrected chi connectivity index (χ1v) is 6.63. The molecule has 17 heavy (non-hydrogen) atoms. The van der Waals surface area contributed by atoms with Gasteiger partial charge in [0.2, 0.25) is 5.91 Å². The first-order chi connectivity index (χ1) is 8.27. The van der Waals surface area contributed by atoms with Gasteiger partial charge in [-0.2, -0.15) is 0 Å². The number of benzene rings is 1. The Morgan fingerprint density at radius 2 is 2.00 bits per heavy atom. The third-order valence-corrected chi connectivity index (χ3v) is 3.67. The van der Waals surface area contributed by atoms with Gasteiger partial charge in [-0.3, -0.25) is 4.79 Å². The van der Waals surface area contributed by atoms with E-state index in [9.17, 15) is 4.79 Å². The minimum Gasteiger partial charge on any atom is -0.347 e. The molecule has 0 aliphatic heterocycles. The lowest BCUT2D eigenvalue weighted by Gasteiger charge is -2.43. The molecule has 92 valence electrons. The van der Waals surface area contributed by atoms with Gasteiger partial charge in [-0.05, 0) is 31.2 Å². The molecular weight excluding hydrogens is 210 g/mol. The fourth-order valence-electron chi connectivity index (χ4n) is 2.44. The Balaban J connectivity index is 2.03. The van der Waals surface area contributed by atoms with Crippen LogP contribution in [-0.2, 0) is 10.3 Å². The Morgan fingerprint density at radius 3 is 2.53 bits per heavy atom. The third-order valence-electron chi connectivity index (χ3n) is 3.67. The molecular formula is C15H21NO. The summed E-state index contributed by atoms with van der Waals surface area (Å²) in [4.78, 5) is 11.9. The molecule has 1 N–H and O–H groups in total. The van der Waals surface area contributed by atoms with Crippen molar-refractivity contribution in [3.63, 3.8) is 0 Å². The maximum Gasteiger partial charge on any atom is 0.220 e. The third kappa shape index (κ3) is 2.68. The lowest BCUT2D eigenvalue weighted by Crippen LogP contribution is -2.50. The summed E-state index contributed by atoms with van der Waals surface area (Å²) in [7, 11) is 0. The molecule has 0 radical (unpaired) electrons. The molecule has 1 aromatic rings. The molecule has 1 saturated carbocycles. The van der Waals surface area contributed by atoms with Gasteiger partial charge >= 0.3 is 0 Å². The van der Waals surface area contributed by atoms with Crippen LogP contribution in [0.2, 0.25) is 0 Å². The molecule has 0 atom stereocenters. The van der Waals surface area contributed by atoms with E-state index in [4.69, 9.17) is 0 Å². The van der Waals surface area contributed by atoms with E-state index in [-0.39, 0.29) is 11.4 Å². The van der Waals surface area contributed by atoms with Crippen molar-refractivity contribution in [3.05, 3.63) is 35.9 Å². The van der Waals surface area contributed by atoms with Gasteiger partial charge in [-0.25, -0.2) is 0 Å². The molecule has 2 heteroatoms. The van der Waals surface area contributed by atoms with Crippen LogP contribution in [0.3, 0.4) is 0 Å². The number of unbranched alkanes of at least 4 members (excludes halogenated alkanes) is 1. The molecule has 0 bridgehead atoms. The van der Waals surface area contributed by atoms with Crippen LogP contribution in [0.4, 0.5) is 0 Å². The Kier molecular flexibility index (Phi) is 3.82. The van der Waals surface area contributed by atoms with Crippen molar-refractivity contribution in [2.45, 2.75) is 51.0 Å². The monoisotopic (exact) mass is 231 g/mol. The Labute approximate surface area is 103 Å². The van der Waals surface area contributed by atoms with Gasteiger partial charge < -0.3 is 5.32 Å². The topological polar surface area (TPSA) is 29.1 Å². The number of amides is 1. The second-order valence-electron chi connectivity index (χ2n) is 4.95. The van der Waals surface area contributed by atoms with Crippen LogP contribution >= 0.6 is 0 Å². The van der Waals surface area contributed by atoms with E-state index in [1.807, 2.05) is 18.2 Å². The van der Waals surface area contributed by atoms with Crippen LogP contribution in [0.5, 0.6) is 0 Å². The van der Waals surface area contributed by atoms with Gasteiger partial charge in [0, 0.05) is 6.42 Å². The van der Waals surface area contributed by atoms with Gasteiger partial charge in [-0.15, -0.1) is 0 Å². The fraction of sp³-hybridized carbons (Fsp3) is 0.533. The van der Waals surface area contributed by atoms with E-state index in [1.165, 1.54) is 12.0 Å². The average molecular weight is 231 g/mol. The van der Waals surface area contributed by atoms with Crippen molar-refractivity contribution in [2.24, 2.45) is 0 Å². The second kappa shape index (κ2) is 5.35. The SMILES string of the molecule is CCCCC(=O)NC1(c2ccccc2)CCC1. The molecule has 0 unspecified atom stereocenters. The van der Waals surface area contributed by atoms with Gasteiger partial charge in [-0.1, -0.05) is 43.7 Å². The molecule has 0 spiro atoms. The lowest BCUT2D eigenvalue weighted by molar-refractivity contribution is -0.124. The molecule has 2 rings (SSSR count). The van der Waals surface area contributed by atoms with Crippen molar-refractivity contribution < 1.29 is 4.79 Å². The maximum absolute atomic E-state index is 11.9. The fourth-order valence-corrected chi connectivity index (χ4v) is 2.44. The quantitative estimate of drug-likeness (QED) is 0.827. The maximum atomic E-state index is 11.9. The zero-order chi connectivity index (χ0) is 12.1. The van der Waals surface area contributed by atoms with Gasteiger partial charge in [0.05, 0.1) is 5.54 Å². The van der Waals surface area contributed by atoms with Gasteiger partial charge in [0.1, 0.15) is 0 Å². The summed E-state index contributed by atoms with van der Waals surface area (Å²) in [6.07, 6.45) is 6.08. The largest absolute Gasteiger partial charge is 0.347 e. The minimum absolute atomic E-state index is 0.0634. The summed E-state index contributed by atoms with van der Waals surface area (Å²) in [5.41, 5.74) is 1.20. The molecule has 1 amide bonds. The number of hydrogen-bond donors (Lipinski definition) is 1. The van der Waals surface area contributed by atoms with Gasteiger partial charge in [0.25, 0.3) is 0 Å². The van der Waals surface area contributed by atoms with Crippen molar-refractivity contribution in [1.29, 1.82) is 0 Å². The molecule has 0 saturated heterocycles. The minimum atomic E-state index is -0.0634. The predicted octanol–water partition coefficient (Wildman–Crippen LogP) is 3.37. The van der Waals surface area contributed by atoms with Crippen molar-refractivity contribution >= 4 is 5.91 Å². The number of hydrogen-bond acceptors (Lipinski definition) is 1. The first kappa shape index (κ1) is 12.2. The summed E-state index contributed by atoms with van der Waals surface area (Å²) >= 11 is 0. The van der Waals surface area contributed by atoms with E-state index in [1.54, 1.807) is 0 Å². The predicted molar refractivity (Wildman–Crippen MR) is 69.6 cm³/mol. The van der Waals surface area contributed by atoms with E-state index >= 15 is 0 Å². The average Bonchev–Trinajstić information content (AvgIpc) is 2.32. The second-order valence-corrected chi connectivity index (χ2v) is 4.95. The highest BCUT2D eigenvalue weighted by Crippen LogP contribution is 2.41. The number of carbonyl (C=O) groups is 1. The zero-order valence-electron chi connectivity index (χ0n) is 10.5. The smallest absolute Gasteiger partial charge is 0.220 e. The highest BCUT2D eigenvalue weighted by molar-refractivity contribution is 5.77. The molecule has 1 aliphatic rings. The first-order valence-electron chi connectivity index (χ1n) is 6.63. The molecule has 1 fully saturated rings. The summed E-state index contributed by atoms with van der Waals surface area (Å²) in [6, 6.07) is 10.4. The van der Waals surface area contributed by atoms with Gasteiger partial charge in [0.15, 0.2) is 0 Å². The van der Waals surface area contributed by atoms with E-state index in [0.717, 1.165) is 25.7 Å². The zero-order valence-corrected chi connectivity index (χ0v) is 10.5. The van der Waals surface area contributed by atoms with Crippen LogP contribution in [0, 0.1) is 0 Å². The highest BCUT2D eigenvalue weighted by Gasteiger charge is 2.39. The summed E-state index contributed by atoms with van der Waals surface area (Å²) in [5, 5.41) is 3.24. The molecule has 1 aromatic carbocycles. The summed E-state index contributed by atoms with van der Waals surface area (Å²) in [6.45, 7) is 2.11. The Bertz CT molecular complexity index is 368. The molecule has 0 heterocycles. The lowest BCUT2D eigenvalue weighted by atomic mass is 9.71. The summed E-state index contributed by atoms with van der Waals surface area (Å²) in [5.74, 6) is 0.204. The van der Waals surface area contributed by atoms with E-state index in [2.05, 4.69) is 24.4 Å². The molecule has 0 aromatic heterocycles. The number of rotatable bonds is 5. The van der Waals surface area contributed by atoms with Crippen molar-refractivity contribution in [2.75, 3.05) is 0 Å². The summed E-state index contributed by atoms with van der Waals surface area (Å²) < 4.78 is 0. The van der Waals surface area contributed by atoms with E-state index in [0.29, 0.717) is 6.42 Å². The van der Waals surface area contributed by atoms with Crippen molar-refractivity contribution in [3.8, 4) is 0 Å². The van der Waals surface area contributed by atoms with Crippen LogP contribution in [0.25, 0.3) is 0 Å². The van der Waals surface area contributed by atoms with E-state index < -0.39 is 0 Å². The molecule has 2 nitrogen and oxygen atoms in total. The number of carbonyl (C=O) groups excluding carboxylic acids is 1. The van der Waals surface area contributed by atoms with Crippen LogP contribution in [0.1, 0.15) is 51.0 Å². The molecule has 1 aliphatic carbocycles. The highest BCUT2D eigenvalue weighted by atomic mass is 16.1. The normalized spacial score (nSPS) is 17.2. The Morgan fingerprint density at radius 1 is 1.29 bits per heavy atom. The van der Waals surface area contributed by atoms with Crippen LogP contribution < -0.4 is 5.32 Å².